The summed E-state index contributed by atoms with van der Waals surface area (Å²) in [5, 5.41) is 0. The van der Waals surface area contributed by atoms with Crippen LogP contribution in [0.25, 0.3) is 0 Å². The second-order valence-electron chi connectivity index (χ2n) is 4.51. The molecule has 0 fully saturated rings. The fourth-order valence-electron chi connectivity index (χ4n) is 1.72. The van der Waals surface area contributed by atoms with Crippen LogP contribution >= 0.6 is 0 Å². The van der Waals surface area contributed by atoms with E-state index in [1.165, 1.54) is 44.6 Å². The highest BCUT2D eigenvalue weighted by atomic mass is 16.1. The molecule has 0 unspecified atom stereocenters. The van der Waals surface area contributed by atoms with E-state index < -0.39 is 0 Å². The van der Waals surface area contributed by atoms with Crippen LogP contribution in [0.1, 0.15) is 72.1 Å². The van der Waals surface area contributed by atoms with Gasteiger partial charge in [-0.3, -0.25) is 4.79 Å². The number of rotatable bonds is 9. The van der Waals surface area contributed by atoms with Crippen LogP contribution in [0, 0.1) is 0 Å². The van der Waals surface area contributed by atoms with E-state index in [9.17, 15) is 4.79 Å². The summed E-state index contributed by atoms with van der Waals surface area (Å²) in [6, 6.07) is 0. The Hall–Kier alpha value is -0.920. The normalized spacial score (nSPS) is 12.3. The predicted molar refractivity (Wildman–Crippen MR) is 75.5 cm³/mol. The molecule has 0 saturated carbocycles. The van der Waals surface area contributed by atoms with E-state index in [-0.39, 0.29) is 5.91 Å². The van der Waals surface area contributed by atoms with Gasteiger partial charge in [-0.05, 0) is 24.8 Å². The highest BCUT2D eigenvalue weighted by molar-refractivity contribution is 5.90. The lowest BCUT2D eigenvalue weighted by atomic mass is 10.1. The zero-order valence-corrected chi connectivity index (χ0v) is 11.7. The zero-order valence-electron chi connectivity index (χ0n) is 11.7. The van der Waals surface area contributed by atoms with E-state index in [0.29, 0.717) is 0 Å². The third kappa shape index (κ3) is 11.3. The number of carbonyl (C=O) groups excluding carboxylic acids is 1. The molecule has 1 amide bonds. The first-order chi connectivity index (χ1) is 8.20. The average Bonchev–Trinajstić information content (AvgIpc) is 2.30. The molecule has 0 atom stereocenters. The summed E-state index contributed by atoms with van der Waals surface area (Å²) in [5.41, 5.74) is 1.21. The van der Waals surface area contributed by atoms with E-state index in [1.807, 2.05) is 0 Å². The molecule has 0 radical (unpaired) electrons. The number of allylic oxidation sites excluding steroid dienone is 2. The molecule has 2 heteroatoms. The third-order valence-corrected chi connectivity index (χ3v) is 2.67. The first kappa shape index (κ1) is 16.1. The predicted octanol–water partition coefficient (Wildman–Crippen LogP) is 4.69. The van der Waals surface area contributed by atoms with Gasteiger partial charge in [0.25, 0.3) is 0 Å². The summed E-state index contributed by atoms with van der Waals surface area (Å²) >= 11 is 0. The molecule has 0 aromatic rings. The summed E-state index contributed by atoms with van der Waals surface area (Å²) in [6.45, 7) is 5.87. The van der Waals surface area contributed by atoms with Gasteiger partial charge in [-0.25, -0.2) is 4.99 Å². The number of aliphatic imine (C=N–C) groups is 1. The summed E-state index contributed by atoms with van der Waals surface area (Å²) in [4.78, 5) is 14.6. The molecule has 98 valence electrons. The number of hydrogen-bond acceptors (Lipinski definition) is 1. The van der Waals surface area contributed by atoms with Crippen molar-refractivity contribution in [3.63, 3.8) is 0 Å². The van der Waals surface area contributed by atoms with Crippen molar-refractivity contribution >= 4 is 12.1 Å². The van der Waals surface area contributed by atoms with Crippen molar-refractivity contribution in [2.75, 3.05) is 0 Å². The van der Waals surface area contributed by atoms with Crippen molar-refractivity contribution in [1.82, 2.24) is 0 Å². The van der Waals surface area contributed by atoms with Crippen LogP contribution in [-0.4, -0.2) is 12.1 Å². The minimum absolute atomic E-state index is 0.116. The van der Waals surface area contributed by atoms with Crippen LogP contribution in [0.5, 0.6) is 0 Å². The molecule has 0 aromatic carbocycles. The molecule has 0 spiro atoms. The highest BCUT2D eigenvalue weighted by Crippen LogP contribution is 2.09. The number of hydrogen-bond donors (Lipinski definition) is 0. The molecule has 0 N–H and O–H groups in total. The molecule has 0 aliphatic heterocycles. The summed E-state index contributed by atoms with van der Waals surface area (Å²) < 4.78 is 0. The maximum Gasteiger partial charge on any atom is 0.242 e. The SMILES string of the molecule is CCCCCCC/C=C(/C=NC(C)=O)CCC. The van der Waals surface area contributed by atoms with Crippen LogP contribution in [0.15, 0.2) is 16.6 Å². The average molecular weight is 237 g/mol. The van der Waals surface area contributed by atoms with Gasteiger partial charge in [0.2, 0.25) is 5.91 Å². The number of carbonyl (C=O) groups is 1. The summed E-state index contributed by atoms with van der Waals surface area (Å²) in [7, 11) is 0. The van der Waals surface area contributed by atoms with Gasteiger partial charge in [-0.1, -0.05) is 52.0 Å². The Morgan fingerprint density at radius 2 is 1.76 bits per heavy atom. The Balaban J connectivity index is 3.90. The second-order valence-corrected chi connectivity index (χ2v) is 4.51. The molecule has 0 aromatic heterocycles. The molecule has 0 rings (SSSR count). The smallest absolute Gasteiger partial charge is 0.242 e. The van der Waals surface area contributed by atoms with Crippen LogP contribution in [-0.2, 0) is 4.79 Å². The fourth-order valence-corrected chi connectivity index (χ4v) is 1.72. The molecule has 17 heavy (non-hydrogen) atoms. The Kier molecular flexibility index (Phi) is 10.9. The van der Waals surface area contributed by atoms with Gasteiger partial charge in [0.1, 0.15) is 0 Å². The molecule has 0 aliphatic carbocycles. The lowest BCUT2D eigenvalue weighted by Crippen LogP contribution is -1.90. The lowest BCUT2D eigenvalue weighted by Gasteiger charge is -2.00. The number of unbranched alkanes of at least 4 members (excludes halogenated alkanes) is 5. The van der Waals surface area contributed by atoms with Crippen molar-refractivity contribution in [2.24, 2.45) is 4.99 Å². The summed E-state index contributed by atoms with van der Waals surface area (Å²) in [5.74, 6) is -0.116. The van der Waals surface area contributed by atoms with E-state index in [0.717, 1.165) is 19.3 Å². The van der Waals surface area contributed by atoms with Crippen molar-refractivity contribution in [2.45, 2.75) is 72.1 Å². The minimum atomic E-state index is -0.116. The Labute approximate surface area is 106 Å². The quantitative estimate of drug-likeness (QED) is 0.422. The van der Waals surface area contributed by atoms with Crippen molar-refractivity contribution in [3.8, 4) is 0 Å². The minimum Gasteiger partial charge on any atom is -0.273 e. The Bertz CT molecular complexity index is 254. The van der Waals surface area contributed by atoms with Crippen molar-refractivity contribution in [3.05, 3.63) is 11.6 Å². The van der Waals surface area contributed by atoms with Gasteiger partial charge in [-0.2, -0.15) is 0 Å². The first-order valence-corrected chi connectivity index (χ1v) is 6.94. The molecule has 0 heterocycles. The fraction of sp³-hybridized carbons (Fsp3) is 0.733. The molecule has 0 bridgehead atoms. The molecular weight excluding hydrogens is 210 g/mol. The standard InChI is InChI=1S/C15H27NO/c1-4-6-7-8-9-10-12-15(11-5-2)13-16-14(3)17/h12-13H,4-11H2,1-3H3/b15-12+,16-13?. The van der Waals surface area contributed by atoms with Gasteiger partial charge in [0.05, 0.1) is 0 Å². The number of amides is 1. The van der Waals surface area contributed by atoms with Gasteiger partial charge in [0, 0.05) is 13.1 Å². The lowest BCUT2D eigenvalue weighted by molar-refractivity contribution is -0.115. The maximum atomic E-state index is 10.8. The van der Waals surface area contributed by atoms with E-state index >= 15 is 0 Å². The van der Waals surface area contributed by atoms with Gasteiger partial charge in [-0.15, -0.1) is 0 Å². The molecule has 2 nitrogen and oxygen atoms in total. The molecule has 0 aliphatic rings. The molecule has 0 saturated heterocycles. The Morgan fingerprint density at radius 1 is 1.06 bits per heavy atom. The van der Waals surface area contributed by atoms with Gasteiger partial charge < -0.3 is 0 Å². The van der Waals surface area contributed by atoms with Crippen LogP contribution in [0.2, 0.25) is 0 Å². The van der Waals surface area contributed by atoms with Crippen LogP contribution < -0.4 is 0 Å². The zero-order chi connectivity index (χ0) is 12.9. The second kappa shape index (κ2) is 11.6. The first-order valence-electron chi connectivity index (χ1n) is 6.94. The monoisotopic (exact) mass is 237 g/mol. The maximum absolute atomic E-state index is 10.8. The topological polar surface area (TPSA) is 29.4 Å². The van der Waals surface area contributed by atoms with Crippen molar-refractivity contribution < 1.29 is 4.79 Å². The summed E-state index contributed by atoms with van der Waals surface area (Å²) in [6.07, 6.45) is 13.8. The van der Waals surface area contributed by atoms with E-state index in [2.05, 4.69) is 24.9 Å². The number of nitrogens with zero attached hydrogens (tertiary/aromatic N) is 1. The highest BCUT2D eigenvalue weighted by Gasteiger charge is 1.94. The van der Waals surface area contributed by atoms with Crippen LogP contribution in [0.4, 0.5) is 0 Å². The van der Waals surface area contributed by atoms with Gasteiger partial charge >= 0.3 is 0 Å². The third-order valence-electron chi connectivity index (χ3n) is 2.67. The van der Waals surface area contributed by atoms with E-state index in [4.69, 9.17) is 0 Å². The molecular formula is C15H27NO. The van der Waals surface area contributed by atoms with Crippen LogP contribution in [0.3, 0.4) is 0 Å². The van der Waals surface area contributed by atoms with Gasteiger partial charge in [0.15, 0.2) is 0 Å². The largest absolute Gasteiger partial charge is 0.273 e. The van der Waals surface area contributed by atoms with Crippen molar-refractivity contribution in [1.29, 1.82) is 0 Å². The Morgan fingerprint density at radius 3 is 2.35 bits per heavy atom. The van der Waals surface area contributed by atoms with E-state index in [1.54, 1.807) is 6.21 Å².